The minimum Gasteiger partial charge on any atom is -0.344 e. The molecule has 0 saturated carbocycles. The van der Waals surface area contributed by atoms with Gasteiger partial charge < -0.3 is 11.9 Å². The van der Waals surface area contributed by atoms with Gasteiger partial charge in [-0.15, -0.1) is 0 Å². The molecular weight excluding hydrogens is 220 g/mol. The highest BCUT2D eigenvalue weighted by Gasteiger charge is 1.92. The van der Waals surface area contributed by atoms with E-state index in [0.717, 1.165) is 6.54 Å². The lowest BCUT2D eigenvalue weighted by Gasteiger charge is -2.01. The topological polar surface area (TPSA) is 61.0 Å². The molecule has 0 aliphatic rings. The molecular formula is C16H40N2. The lowest BCUT2D eigenvalue weighted by atomic mass is 10.1. The van der Waals surface area contributed by atoms with Crippen LogP contribution in [0, 0.1) is 0 Å². The first-order valence-corrected chi connectivity index (χ1v) is 8.12. The summed E-state index contributed by atoms with van der Waals surface area (Å²) < 4.78 is 0. The fraction of sp³-hybridized carbons (Fsp3) is 1.00. The van der Waals surface area contributed by atoms with E-state index in [2.05, 4.69) is 6.92 Å². The van der Waals surface area contributed by atoms with Gasteiger partial charge in [-0.05, 0) is 13.0 Å². The predicted octanol–water partition coefficient (Wildman–Crippen LogP) is 5.83. The van der Waals surface area contributed by atoms with Crippen molar-refractivity contribution < 1.29 is 0 Å². The quantitative estimate of drug-likeness (QED) is 0.433. The van der Waals surface area contributed by atoms with E-state index >= 15 is 0 Å². The molecule has 0 rings (SSSR count). The second-order valence-corrected chi connectivity index (χ2v) is 4.68. The van der Waals surface area contributed by atoms with Gasteiger partial charge >= 0.3 is 0 Å². The fourth-order valence-electron chi connectivity index (χ4n) is 1.99. The van der Waals surface area contributed by atoms with Crippen LogP contribution < -0.4 is 11.9 Å². The summed E-state index contributed by atoms with van der Waals surface area (Å²) in [5.41, 5.74) is 5.45. The summed E-state index contributed by atoms with van der Waals surface area (Å²) in [7, 11) is 0. The van der Waals surface area contributed by atoms with E-state index in [0.29, 0.717) is 0 Å². The normalized spacial score (nSPS) is 9.33. The van der Waals surface area contributed by atoms with Gasteiger partial charge in [-0.3, -0.25) is 0 Å². The third-order valence-corrected chi connectivity index (χ3v) is 3.06. The van der Waals surface area contributed by atoms with Crippen LogP contribution in [0.15, 0.2) is 0 Å². The number of unbranched alkanes of at least 4 members (excludes halogenated alkanes) is 11. The maximum atomic E-state index is 5.45. The molecule has 0 bridgehead atoms. The van der Waals surface area contributed by atoms with Gasteiger partial charge in [-0.1, -0.05) is 91.4 Å². The van der Waals surface area contributed by atoms with Crippen molar-refractivity contribution in [3.8, 4) is 0 Å². The Morgan fingerprint density at radius 1 is 0.556 bits per heavy atom. The van der Waals surface area contributed by atoms with Gasteiger partial charge in [0.25, 0.3) is 0 Å². The smallest absolute Gasteiger partial charge is 0.00773 e. The Morgan fingerprint density at radius 3 is 1.11 bits per heavy atom. The molecule has 0 radical (unpaired) electrons. The number of hydrogen-bond donors (Lipinski definition) is 2. The Labute approximate surface area is 117 Å². The zero-order chi connectivity index (χ0) is 13.2. The Bertz CT molecular complexity index is 93.3. The Balaban J connectivity index is -0.000000709. The third kappa shape index (κ3) is 24.9. The number of rotatable bonds is 12. The monoisotopic (exact) mass is 260 g/mol. The summed E-state index contributed by atoms with van der Waals surface area (Å²) >= 11 is 0. The maximum absolute atomic E-state index is 5.45. The molecule has 0 fully saturated rings. The van der Waals surface area contributed by atoms with Crippen molar-refractivity contribution in [3.05, 3.63) is 0 Å². The molecule has 2 nitrogen and oxygen atoms in total. The maximum Gasteiger partial charge on any atom is -0.00773 e. The van der Waals surface area contributed by atoms with Crippen LogP contribution in [0.5, 0.6) is 0 Å². The lowest BCUT2D eigenvalue weighted by Crippen LogP contribution is -1.97. The van der Waals surface area contributed by atoms with Crippen molar-refractivity contribution in [2.45, 2.75) is 97.8 Å². The van der Waals surface area contributed by atoms with E-state index in [-0.39, 0.29) is 6.15 Å². The first kappa shape index (κ1) is 23.0. The molecule has 0 heterocycles. The van der Waals surface area contributed by atoms with E-state index in [1.165, 1.54) is 77.0 Å². The predicted molar refractivity (Wildman–Crippen MR) is 86.5 cm³/mol. The highest BCUT2D eigenvalue weighted by molar-refractivity contribution is 4.48. The molecule has 18 heavy (non-hydrogen) atoms. The number of hydrogen-bond acceptors (Lipinski definition) is 2. The van der Waals surface area contributed by atoms with Gasteiger partial charge in [0.1, 0.15) is 0 Å². The first-order valence-electron chi connectivity index (χ1n) is 8.12. The van der Waals surface area contributed by atoms with Gasteiger partial charge in [0, 0.05) is 0 Å². The summed E-state index contributed by atoms with van der Waals surface area (Å²) in [6.45, 7) is 7.15. The lowest BCUT2D eigenvalue weighted by molar-refractivity contribution is 0.545. The van der Waals surface area contributed by atoms with Crippen molar-refractivity contribution in [1.82, 2.24) is 6.15 Å². The Morgan fingerprint density at radius 2 is 0.833 bits per heavy atom. The second-order valence-electron chi connectivity index (χ2n) is 4.68. The van der Waals surface area contributed by atoms with E-state index in [1.54, 1.807) is 0 Å². The molecule has 0 spiro atoms. The van der Waals surface area contributed by atoms with E-state index in [4.69, 9.17) is 5.73 Å². The molecule has 0 aliphatic heterocycles. The van der Waals surface area contributed by atoms with Crippen LogP contribution in [0.25, 0.3) is 0 Å². The van der Waals surface area contributed by atoms with E-state index < -0.39 is 0 Å². The standard InChI is InChI=1S/C14H31N.C2H6.H3N/c1-2-3-4-5-6-7-8-9-10-11-12-13-14-15;1-2;/h2-15H2,1H3;1-2H3;1H3. The van der Waals surface area contributed by atoms with Gasteiger partial charge in [0.15, 0.2) is 0 Å². The van der Waals surface area contributed by atoms with E-state index in [1.807, 2.05) is 13.8 Å². The second kappa shape index (κ2) is 25.7. The molecule has 0 atom stereocenters. The Hall–Kier alpha value is -0.0800. The molecule has 0 aromatic heterocycles. The third-order valence-electron chi connectivity index (χ3n) is 3.06. The van der Waals surface area contributed by atoms with Crippen molar-refractivity contribution in [1.29, 1.82) is 0 Å². The minimum atomic E-state index is 0. The summed E-state index contributed by atoms with van der Waals surface area (Å²) in [5.74, 6) is 0. The van der Waals surface area contributed by atoms with Crippen molar-refractivity contribution >= 4 is 0 Å². The van der Waals surface area contributed by atoms with Crippen LogP contribution in [0.2, 0.25) is 0 Å². The van der Waals surface area contributed by atoms with E-state index in [9.17, 15) is 0 Å². The van der Waals surface area contributed by atoms with Crippen molar-refractivity contribution in [2.24, 2.45) is 5.73 Å². The molecule has 114 valence electrons. The summed E-state index contributed by atoms with van der Waals surface area (Å²) in [4.78, 5) is 0. The Kier molecular flexibility index (Phi) is 32.9. The summed E-state index contributed by atoms with van der Waals surface area (Å²) in [6.07, 6.45) is 16.9. The highest BCUT2D eigenvalue weighted by Crippen LogP contribution is 2.11. The SMILES string of the molecule is CC.CCCCCCCCCCCCCCN.N. The molecule has 0 amide bonds. The first-order chi connectivity index (χ1) is 8.41. The zero-order valence-electron chi connectivity index (χ0n) is 13.5. The molecule has 5 N–H and O–H groups in total. The largest absolute Gasteiger partial charge is 0.344 e. The average Bonchev–Trinajstić information content (AvgIpc) is 2.38. The molecule has 0 aromatic rings. The molecule has 0 aromatic carbocycles. The highest BCUT2D eigenvalue weighted by atomic mass is 14.5. The summed E-state index contributed by atoms with van der Waals surface area (Å²) in [6, 6.07) is 0. The average molecular weight is 261 g/mol. The fourth-order valence-corrected chi connectivity index (χ4v) is 1.99. The van der Waals surface area contributed by atoms with Crippen molar-refractivity contribution in [3.63, 3.8) is 0 Å². The summed E-state index contributed by atoms with van der Waals surface area (Å²) in [5, 5.41) is 0. The van der Waals surface area contributed by atoms with Crippen LogP contribution in [0.3, 0.4) is 0 Å². The molecule has 0 saturated heterocycles. The number of nitrogens with two attached hydrogens (primary N) is 1. The van der Waals surface area contributed by atoms with Gasteiger partial charge in [0.2, 0.25) is 0 Å². The van der Waals surface area contributed by atoms with Crippen LogP contribution in [-0.2, 0) is 0 Å². The van der Waals surface area contributed by atoms with Crippen LogP contribution in [-0.4, -0.2) is 6.54 Å². The zero-order valence-corrected chi connectivity index (χ0v) is 13.5. The van der Waals surface area contributed by atoms with Crippen molar-refractivity contribution in [2.75, 3.05) is 6.54 Å². The van der Waals surface area contributed by atoms with Crippen LogP contribution in [0.1, 0.15) is 97.8 Å². The molecule has 2 heteroatoms. The van der Waals surface area contributed by atoms with Gasteiger partial charge in [-0.2, -0.15) is 0 Å². The van der Waals surface area contributed by atoms with Crippen LogP contribution in [0.4, 0.5) is 0 Å². The molecule has 0 unspecified atom stereocenters. The van der Waals surface area contributed by atoms with Gasteiger partial charge in [0.05, 0.1) is 0 Å². The van der Waals surface area contributed by atoms with Gasteiger partial charge in [-0.25, -0.2) is 0 Å². The minimum absolute atomic E-state index is 0. The van der Waals surface area contributed by atoms with Crippen LogP contribution >= 0.6 is 0 Å². The molecule has 0 aliphatic carbocycles.